The lowest BCUT2D eigenvalue weighted by molar-refractivity contribution is -0.384. The molecule has 0 bridgehead atoms. The van der Waals surface area contributed by atoms with Gasteiger partial charge in [-0.3, -0.25) is 14.9 Å². The highest BCUT2D eigenvalue weighted by atomic mass is 16.6. The number of nitro groups is 1. The summed E-state index contributed by atoms with van der Waals surface area (Å²) in [6.07, 6.45) is 3.34. The molecule has 6 nitrogen and oxygen atoms in total. The third-order valence-electron chi connectivity index (χ3n) is 2.64. The molecular weight excluding hydrogens is 234 g/mol. The first kappa shape index (κ1) is 12.0. The number of hydrogen-bond donors (Lipinski definition) is 0. The van der Waals surface area contributed by atoms with Crippen LogP contribution in [0.15, 0.2) is 36.7 Å². The molecular formula is C12H11N3O3. The van der Waals surface area contributed by atoms with Crippen molar-refractivity contribution in [1.29, 1.82) is 0 Å². The number of Topliss-reactive ketones (excluding diaryl/α,β-unsaturated/α-hetero) is 1. The van der Waals surface area contributed by atoms with E-state index in [9.17, 15) is 14.9 Å². The van der Waals surface area contributed by atoms with Gasteiger partial charge in [-0.25, -0.2) is 4.98 Å². The maximum absolute atomic E-state index is 11.9. The first-order valence-electron chi connectivity index (χ1n) is 5.33. The highest BCUT2D eigenvalue weighted by molar-refractivity contribution is 5.96. The summed E-state index contributed by atoms with van der Waals surface area (Å²) in [7, 11) is 0. The molecule has 6 heteroatoms. The quantitative estimate of drug-likeness (QED) is 0.468. The number of hydrogen-bond acceptors (Lipinski definition) is 4. The molecule has 2 rings (SSSR count). The van der Waals surface area contributed by atoms with E-state index in [-0.39, 0.29) is 18.0 Å². The third kappa shape index (κ3) is 2.42. The van der Waals surface area contributed by atoms with Crippen LogP contribution in [0.5, 0.6) is 0 Å². The van der Waals surface area contributed by atoms with Crippen LogP contribution in [-0.4, -0.2) is 20.3 Å². The molecule has 0 amide bonds. The fraction of sp³-hybridized carbons (Fsp3) is 0.167. The lowest BCUT2D eigenvalue weighted by Gasteiger charge is -2.04. The number of nitrogens with zero attached hydrogens (tertiary/aromatic N) is 3. The van der Waals surface area contributed by atoms with E-state index in [0.29, 0.717) is 5.56 Å². The maximum Gasteiger partial charge on any atom is 0.269 e. The van der Waals surface area contributed by atoms with E-state index in [1.165, 1.54) is 24.3 Å². The van der Waals surface area contributed by atoms with E-state index in [1.807, 2.05) is 6.92 Å². The predicted molar refractivity (Wildman–Crippen MR) is 64.4 cm³/mol. The van der Waals surface area contributed by atoms with Crippen molar-refractivity contribution < 1.29 is 9.72 Å². The number of aryl methyl sites for hydroxylation is 1. The average molecular weight is 245 g/mol. The zero-order chi connectivity index (χ0) is 13.1. The molecule has 0 radical (unpaired) electrons. The second-order valence-corrected chi connectivity index (χ2v) is 3.83. The molecule has 0 aliphatic heterocycles. The van der Waals surface area contributed by atoms with Crippen molar-refractivity contribution in [2.45, 2.75) is 13.5 Å². The van der Waals surface area contributed by atoms with Gasteiger partial charge in [0.05, 0.1) is 11.5 Å². The first-order valence-corrected chi connectivity index (χ1v) is 5.33. The first-order chi connectivity index (χ1) is 8.58. The Labute approximate surface area is 103 Å². The Morgan fingerprint density at radius 3 is 2.56 bits per heavy atom. The van der Waals surface area contributed by atoms with Crippen molar-refractivity contribution in [2.75, 3.05) is 0 Å². The molecule has 2 aromatic rings. The van der Waals surface area contributed by atoms with Crippen molar-refractivity contribution in [1.82, 2.24) is 9.55 Å². The number of benzene rings is 1. The molecule has 18 heavy (non-hydrogen) atoms. The molecule has 0 aliphatic rings. The van der Waals surface area contributed by atoms with Gasteiger partial charge in [0.15, 0.2) is 5.78 Å². The van der Waals surface area contributed by atoms with Gasteiger partial charge in [0.2, 0.25) is 0 Å². The fourth-order valence-corrected chi connectivity index (χ4v) is 1.59. The van der Waals surface area contributed by atoms with Gasteiger partial charge in [-0.2, -0.15) is 0 Å². The van der Waals surface area contributed by atoms with Gasteiger partial charge in [-0.05, 0) is 19.1 Å². The molecule has 1 aromatic heterocycles. The van der Waals surface area contributed by atoms with Crippen LogP contribution in [0.25, 0.3) is 0 Å². The molecule has 0 spiro atoms. The summed E-state index contributed by atoms with van der Waals surface area (Å²) in [5.41, 5.74) is 0.430. The molecule has 0 fully saturated rings. The molecule has 0 saturated heterocycles. The normalized spacial score (nSPS) is 10.3. The highest BCUT2D eigenvalue weighted by Gasteiger charge is 2.10. The lowest BCUT2D eigenvalue weighted by atomic mass is 10.1. The largest absolute Gasteiger partial charge is 0.327 e. The minimum Gasteiger partial charge on any atom is -0.327 e. The van der Waals surface area contributed by atoms with E-state index in [0.717, 1.165) is 5.82 Å². The van der Waals surface area contributed by atoms with Gasteiger partial charge in [-0.15, -0.1) is 0 Å². The predicted octanol–water partition coefficient (Wildman–Crippen LogP) is 1.98. The van der Waals surface area contributed by atoms with Crippen LogP contribution in [0.2, 0.25) is 0 Å². The summed E-state index contributed by atoms with van der Waals surface area (Å²) < 4.78 is 1.73. The number of nitro benzene ring substituents is 1. The Hall–Kier alpha value is -2.50. The van der Waals surface area contributed by atoms with Crippen molar-refractivity contribution in [3.8, 4) is 0 Å². The van der Waals surface area contributed by atoms with E-state index in [2.05, 4.69) is 4.98 Å². The van der Waals surface area contributed by atoms with Crippen LogP contribution in [0.3, 0.4) is 0 Å². The Kier molecular flexibility index (Phi) is 3.18. The molecule has 92 valence electrons. The smallest absolute Gasteiger partial charge is 0.269 e. The van der Waals surface area contributed by atoms with E-state index < -0.39 is 4.92 Å². The molecule has 1 heterocycles. The summed E-state index contributed by atoms with van der Waals surface area (Å²) >= 11 is 0. The average Bonchev–Trinajstić information content (AvgIpc) is 2.75. The lowest BCUT2D eigenvalue weighted by Crippen LogP contribution is -2.11. The van der Waals surface area contributed by atoms with E-state index in [1.54, 1.807) is 17.0 Å². The van der Waals surface area contributed by atoms with Crippen LogP contribution >= 0.6 is 0 Å². The maximum atomic E-state index is 11.9. The zero-order valence-electron chi connectivity index (χ0n) is 9.74. The van der Waals surface area contributed by atoms with Gasteiger partial charge in [0.25, 0.3) is 5.69 Å². The molecule has 0 aliphatic carbocycles. The standard InChI is InChI=1S/C12H11N3O3/c1-9-13-6-7-14(9)8-12(16)10-2-4-11(5-3-10)15(17)18/h2-7H,8H2,1H3. The van der Waals surface area contributed by atoms with Gasteiger partial charge >= 0.3 is 0 Å². The zero-order valence-corrected chi connectivity index (χ0v) is 9.74. The number of non-ortho nitro benzene ring substituents is 1. The van der Waals surface area contributed by atoms with Gasteiger partial charge in [-0.1, -0.05) is 0 Å². The van der Waals surface area contributed by atoms with Crippen molar-refractivity contribution in [3.63, 3.8) is 0 Å². The fourth-order valence-electron chi connectivity index (χ4n) is 1.59. The summed E-state index contributed by atoms with van der Waals surface area (Å²) in [6.45, 7) is 1.99. The van der Waals surface area contributed by atoms with Crippen LogP contribution in [0, 0.1) is 17.0 Å². The number of aromatic nitrogens is 2. The van der Waals surface area contributed by atoms with E-state index in [4.69, 9.17) is 0 Å². The molecule has 0 unspecified atom stereocenters. The van der Waals surface area contributed by atoms with E-state index >= 15 is 0 Å². The summed E-state index contributed by atoms with van der Waals surface area (Å²) in [4.78, 5) is 25.9. The third-order valence-corrected chi connectivity index (χ3v) is 2.64. The Morgan fingerprint density at radius 1 is 1.39 bits per heavy atom. The Bertz CT molecular complexity index is 587. The molecule has 1 aromatic carbocycles. The Balaban J connectivity index is 2.14. The van der Waals surface area contributed by atoms with Crippen LogP contribution in [-0.2, 0) is 6.54 Å². The molecule has 0 saturated carbocycles. The highest BCUT2D eigenvalue weighted by Crippen LogP contribution is 2.13. The second-order valence-electron chi connectivity index (χ2n) is 3.83. The summed E-state index contributed by atoms with van der Waals surface area (Å²) in [5, 5.41) is 10.5. The van der Waals surface area contributed by atoms with Crippen molar-refractivity contribution >= 4 is 11.5 Å². The molecule has 0 N–H and O–H groups in total. The number of ketones is 1. The van der Waals surface area contributed by atoms with Crippen LogP contribution in [0.4, 0.5) is 5.69 Å². The Morgan fingerprint density at radius 2 is 2.06 bits per heavy atom. The number of rotatable bonds is 4. The minimum absolute atomic E-state index is 0.0228. The SMILES string of the molecule is Cc1nccn1CC(=O)c1ccc([N+](=O)[O-])cc1. The van der Waals surface area contributed by atoms with Crippen LogP contribution < -0.4 is 0 Å². The number of carbonyl (C=O) groups is 1. The summed E-state index contributed by atoms with van der Waals surface area (Å²) in [6, 6.07) is 5.58. The molecule has 0 atom stereocenters. The van der Waals surface area contributed by atoms with Gasteiger partial charge in [0.1, 0.15) is 5.82 Å². The minimum atomic E-state index is -0.492. The van der Waals surface area contributed by atoms with Gasteiger partial charge < -0.3 is 4.57 Å². The summed E-state index contributed by atoms with van der Waals surface area (Å²) in [5.74, 6) is 0.649. The monoisotopic (exact) mass is 245 g/mol. The topological polar surface area (TPSA) is 78.0 Å². The van der Waals surface area contributed by atoms with Crippen molar-refractivity contribution in [3.05, 3.63) is 58.2 Å². The van der Waals surface area contributed by atoms with Crippen molar-refractivity contribution in [2.24, 2.45) is 0 Å². The number of imidazole rings is 1. The second kappa shape index (κ2) is 4.79. The number of carbonyl (C=O) groups excluding carboxylic acids is 1. The van der Waals surface area contributed by atoms with Crippen LogP contribution in [0.1, 0.15) is 16.2 Å². The van der Waals surface area contributed by atoms with Gasteiger partial charge in [0, 0.05) is 30.1 Å².